The SMILES string of the molecule is CCOc1ncnc(NCCOc2ccccc2)c1C. The first kappa shape index (κ1) is 14.1. The van der Waals surface area contributed by atoms with Crippen LogP contribution in [0, 0.1) is 6.92 Å². The zero-order chi connectivity index (χ0) is 14.2. The molecule has 1 aromatic carbocycles. The maximum Gasteiger partial charge on any atom is 0.221 e. The lowest BCUT2D eigenvalue weighted by Gasteiger charge is -2.11. The summed E-state index contributed by atoms with van der Waals surface area (Å²) in [6.45, 7) is 5.69. The van der Waals surface area contributed by atoms with Gasteiger partial charge in [-0.2, -0.15) is 0 Å². The standard InChI is InChI=1S/C15H19N3O2/c1-3-19-15-12(2)14(17-11-18-15)16-9-10-20-13-7-5-4-6-8-13/h4-8,11H,3,9-10H2,1-2H3,(H,16,17,18). The van der Waals surface area contributed by atoms with Gasteiger partial charge < -0.3 is 14.8 Å². The molecule has 0 bridgehead atoms. The van der Waals surface area contributed by atoms with E-state index in [0.29, 0.717) is 25.6 Å². The van der Waals surface area contributed by atoms with Gasteiger partial charge in [0.15, 0.2) is 0 Å². The number of nitrogens with zero attached hydrogens (tertiary/aromatic N) is 2. The van der Waals surface area contributed by atoms with Gasteiger partial charge in [0.1, 0.15) is 24.5 Å². The van der Waals surface area contributed by atoms with Crippen molar-refractivity contribution in [2.75, 3.05) is 25.1 Å². The largest absolute Gasteiger partial charge is 0.492 e. The highest BCUT2D eigenvalue weighted by molar-refractivity contribution is 5.47. The van der Waals surface area contributed by atoms with Crippen molar-refractivity contribution in [3.63, 3.8) is 0 Å². The first-order valence-electron chi connectivity index (χ1n) is 6.67. The van der Waals surface area contributed by atoms with Crippen molar-refractivity contribution >= 4 is 5.82 Å². The number of nitrogens with one attached hydrogen (secondary N) is 1. The molecule has 106 valence electrons. The van der Waals surface area contributed by atoms with Gasteiger partial charge in [0, 0.05) is 0 Å². The molecule has 5 nitrogen and oxygen atoms in total. The summed E-state index contributed by atoms with van der Waals surface area (Å²) in [6.07, 6.45) is 1.50. The Balaban J connectivity index is 1.83. The Hall–Kier alpha value is -2.30. The molecule has 0 atom stereocenters. The number of rotatable bonds is 7. The first-order valence-corrected chi connectivity index (χ1v) is 6.67. The van der Waals surface area contributed by atoms with Gasteiger partial charge in [-0.15, -0.1) is 0 Å². The average molecular weight is 273 g/mol. The molecule has 0 amide bonds. The van der Waals surface area contributed by atoms with E-state index < -0.39 is 0 Å². The number of hydrogen-bond acceptors (Lipinski definition) is 5. The van der Waals surface area contributed by atoms with Crippen molar-refractivity contribution in [3.8, 4) is 11.6 Å². The average Bonchev–Trinajstić information content (AvgIpc) is 2.48. The van der Waals surface area contributed by atoms with E-state index in [1.807, 2.05) is 44.2 Å². The minimum Gasteiger partial charge on any atom is -0.492 e. The number of ether oxygens (including phenoxy) is 2. The molecule has 1 aromatic heterocycles. The molecule has 0 fully saturated rings. The molecule has 20 heavy (non-hydrogen) atoms. The van der Waals surface area contributed by atoms with Crippen LogP contribution in [-0.4, -0.2) is 29.7 Å². The van der Waals surface area contributed by atoms with Crippen molar-refractivity contribution < 1.29 is 9.47 Å². The lowest BCUT2D eigenvalue weighted by molar-refractivity contribution is 0.323. The molecule has 2 rings (SSSR count). The molecule has 2 aromatic rings. The van der Waals surface area contributed by atoms with Crippen LogP contribution in [0.25, 0.3) is 0 Å². The third kappa shape index (κ3) is 3.85. The number of benzene rings is 1. The molecule has 0 aliphatic carbocycles. The van der Waals surface area contributed by atoms with Crippen LogP contribution >= 0.6 is 0 Å². The summed E-state index contributed by atoms with van der Waals surface area (Å²) in [4.78, 5) is 8.31. The summed E-state index contributed by atoms with van der Waals surface area (Å²) in [7, 11) is 0. The molecule has 0 spiro atoms. The Labute approximate surface area is 119 Å². The van der Waals surface area contributed by atoms with E-state index >= 15 is 0 Å². The maximum absolute atomic E-state index is 5.61. The number of para-hydroxylation sites is 1. The topological polar surface area (TPSA) is 56.3 Å². The van der Waals surface area contributed by atoms with Crippen LogP contribution in [0.3, 0.4) is 0 Å². The fourth-order valence-electron chi connectivity index (χ4n) is 1.75. The van der Waals surface area contributed by atoms with Crippen LogP contribution in [0.15, 0.2) is 36.7 Å². The Morgan fingerprint density at radius 2 is 1.90 bits per heavy atom. The molecule has 1 N–H and O–H groups in total. The minimum absolute atomic E-state index is 0.567. The van der Waals surface area contributed by atoms with Gasteiger partial charge in [0.2, 0.25) is 5.88 Å². The summed E-state index contributed by atoms with van der Waals surface area (Å²) >= 11 is 0. The van der Waals surface area contributed by atoms with Crippen LogP contribution in [-0.2, 0) is 0 Å². The van der Waals surface area contributed by atoms with Crippen molar-refractivity contribution in [2.45, 2.75) is 13.8 Å². The van der Waals surface area contributed by atoms with Gasteiger partial charge in [-0.3, -0.25) is 0 Å². The molecule has 0 aliphatic heterocycles. The zero-order valence-electron chi connectivity index (χ0n) is 11.8. The molecular weight excluding hydrogens is 254 g/mol. The van der Waals surface area contributed by atoms with E-state index in [2.05, 4.69) is 15.3 Å². The van der Waals surface area contributed by atoms with Crippen LogP contribution < -0.4 is 14.8 Å². The van der Waals surface area contributed by atoms with E-state index in [-0.39, 0.29) is 0 Å². The monoisotopic (exact) mass is 273 g/mol. The Morgan fingerprint density at radius 3 is 2.65 bits per heavy atom. The molecule has 5 heteroatoms. The van der Waals surface area contributed by atoms with Gasteiger partial charge in [0.05, 0.1) is 18.7 Å². The number of anilines is 1. The number of aromatic nitrogens is 2. The fourth-order valence-corrected chi connectivity index (χ4v) is 1.75. The quantitative estimate of drug-likeness (QED) is 0.786. The second kappa shape index (κ2) is 7.33. The van der Waals surface area contributed by atoms with E-state index in [1.165, 1.54) is 6.33 Å². The highest BCUT2D eigenvalue weighted by atomic mass is 16.5. The van der Waals surface area contributed by atoms with Gasteiger partial charge in [0.25, 0.3) is 0 Å². The minimum atomic E-state index is 0.567. The smallest absolute Gasteiger partial charge is 0.221 e. The predicted octanol–water partition coefficient (Wildman–Crippen LogP) is 2.67. The lowest BCUT2D eigenvalue weighted by Crippen LogP contribution is -2.13. The molecule has 0 saturated carbocycles. The summed E-state index contributed by atoms with van der Waals surface area (Å²) in [5.74, 6) is 2.26. The molecular formula is C15H19N3O2. The Kier molecular flexibility index (Phi) is 5.17. The van der Waals surface area contributed by atoms with Gasteiger partial charge in [-0.25, -0.2) is 9.97 Å². The first-order chi connectivity index (χ1) is 9.81. The summed E-state index contributed by atoms with van der Waals surface area (Å²) in [6, 6.07) is 9.73. The fraction of sp³-hybridized carbons (Fsp3) is 0.333. The van der Waals surface area contributed by atoms with Crippen LogP contribution in [0.2, 0.25) is 0 Å². The summed E-state index contributed by atoms with van der Waals surface area (Å²) in [5.41, 5.74) is 0.911. The molecule has 0 radical (unpaired) electrons. The van der Waals surface area contributed by atoms with Gasteiger partial charge >= 0.3 is 0 Å². The predicted molar refractivity (Wildman–Crippen MR) is 78.4 cm³/mol. The van der Waals surface area contributed by atoms with Crippen LogP contribution in [0.5, 0.6) is 11.6 Å². The van der Waals surface area contributed by atoms with E-state index in [0.717, 1.165) is 17.1 Å². The van der Waals surface area contributed by atoms with E-state index in [4.69, 9.17) is 9.47 Å². The van der Waals surface area contributed by atoms with Crippen molar-refractivity contribution in [1.29, 1.82) is 0 Å². The van der Waals surface area contributed by atoms with E-state index in [9.17, 15) is 0 Å². The zero-order valence-corrected chi connectivity index (χ0v) is 11.8. The lowest BCUT2D eigenvalue weighted by atomic mass is 10.3. The van der Waals surface area contributed by atoms with Gasteiger partial charge in [-0.1, -0.05) is 18.2 Å². The molecule has 0 unspecified atom stereocenters. The van der Waals surface area contributed by atoms with Crippen molar-refractivity contribution in [1.82, 2.24) is 9.97 Å². The third-order valence-electron chi connectivity index (χ3n) is 2.73. The second-order valence-electron chi connectivity index (χ2n) is 4.17. The molecule has 0 saturated heterocycles. The summed E-state index contributed by atoms with van der Waals surface area (Å²) < 4.78 is 11.0. The van der Waals surface area contributed by atoms with E-state index in [1.54, 1.807) is 0 Å². The third-order valence-corrected chi connectivity index (χ3v) is 2.73. The van der Waals surface area contributed by atoms with Crippen molar-refractivity contribution in [2.24, 2.45) is 0 Å². The Bertz CT molecular complexity index is 532. The van der Waals surface area contributed by atoms with Crippen molar-refractivity contribution in [3.05, 3.63) is 42.2 Å². The highest BCUT2D eigenvalue weighted by Crippen LogP contribution is 2.19. The second-order valence-corrected chi connectivity index (χ2v) is 4.17. The summed E-state index contributed by atoms with van der Waals surface area (Å²) in [5, 5.41) is 3.23. The normalized spacial score (nSPS) is 10.1. The maximum atomic E-state index is 5.61. The van der Waals surface area contributed by atoms with Crippen LogP contribution in [0.1, 0.15) is 12.5 Å². The van der Waals surface area contributed by atoms with Crippen LogP contribution in [0.4, 0.5) is 5.82 Å². The molecule has 0 aliphatic rings. The highest BCUT2D eigenvalue weighted by Gasteiger charge is 2.06. The Morgan fingerprint density at radius 1 is 1.10 bits per heavy atom. The van der Waals surface area contributed by atoms with Gasteiger partial charge in [-0.05, 0) is 26.0 Å². The molecule has 1 heterocycles. The number of hydrogen-bond donors (Lipinski definition) is 1.